The van der Waals surface area contributed by atoms with Crippen molar-refractivity contribution in [3.8, 4) is 0 Å². The van der Waals surface area contributed by atoms with Crippen LogP contribution in [0.5, 0.6) is 0 Å². The van der Waals surface area contributed by atoms with Gasteiger partial charge in [0.25, 0.3) is 0 Å². The minimum Gasteiger partial charge on any atom is -0.313 e. The van der Waals surface area contributed by atoms with Gasteiger partial charge < -0.3 is 5.32 Å². The van der Waals surface area contributed by atoms with Gasteiger partial charge in [0.2, 0.25) is 0 Å². The molecule has 1 fully saturated rings. The van der Waals surface area contributed by atoms with E-state index in [4.69, 9.17) is 0 Å². The van der Waals surface area contributed by atoms with Crippen molar-refractivity contribution in [3.05, 3.63) is 18.0 Å². The second-order valence-electron chi connectivity index (χ2n) is 3.79. The average molecular weight is 179 g/mol. The van der Waals surface area contributed by atoms with Crippen molar-refractivity contribution in [2.75, 3.05) is 6.54 Å². The standard InChI is InChI=1S/C10H17N3/c1-2-11-5-10-6-12-13(8-10)7-9-3-4-9/h6,8-9,11H,2-5,7H2,1H3. The lowest BCUT2D eigenvalue weighted by Gasteiger charge is -1.97. The Bertz CT molecular complexity index is 263. The van der Waals surface area contributed by atoms with E-state index in [2.05, 4.69) is 28.2 Å². The van der Waals surface area contributed by atoms with Crippen LogP contribution >= 0.6 is 0 Å². The third-order valence-electron chi connectivity index (χ3n) is 2.41. The van der Waals surface area contributed by atoms with E-state index in [0.29, 0.717) is 0 Å². The van der Waals surface area contributed by atoms with E-state index < -0.39 is 0 Å². The molecule has 13 heavy (non-hydrogen) atoms. The van der Waals surface area contributed by atoms with E-state index in [-0.39, 0.29) is 0 Å². The van der Waals surface area contributed by atoms with Gasteiger partial charge in [0.15, 0.2) is 0 Å². The molecular weight excluding hydrogens is 162 g/mol. The molecule has 1 aromatic heterocycles. The van der Waals surface area contributed by atoms with E-state index in [1.165, 1.54) is 18.4 Å². The summed E-state index contributed by atoms with van der Waals surface area (Å²) in [7, 11) is 0. The van der Waals surface area contributed by atoms with Gasteiger partial charge in [-0.15, -0.1) is 0 Å². The van der Waals surface area contributed by atoms with E-state index >= 15 is 0 Å². The lowest BCUT2D eigenvalue weighted by Crippen LogP contribution is -2.11. The Morgan fingerprint density at radius 2 is 2.46 bits per heavy atom. The normalized spacial score (nSPS) is 16.4. The summed E-state index contributed by atoms with van der Waals surface area (Å²) in [4.78, 5) is 0. The Hall–Kier alpha value is -0.830. The third kappa shape index (κ3) is 2.56. The molecule has 72 valence electrons. The monoisotopic (exact) mass is 179 g/mol. The lowest BCUT2D eigenvalue weighted by atomic mass is 10.3. The zero-order valence-electron chi connectivity index (χ0n) is 8.16. The van der Waals surface area contributed by atoms with Crippen LogP contribution in [0.2, 0.25) is 0 Å². The van der Waals surface area contributed by atoms with Crippen molar-refractivity contribution in [1.82, 2.24) is 15.1 Å². The number of hydrogen-bond donors (Lipinski definition) is 1. The molecule has 1 N–H and O–H groups in total. The van der Waals surface area contributed by atoms with Crippen LogP contribution < -0.4 is 5.32 Å². The molecule has 1 saturated carbocycles. The summed E-state index contributed by atoms with van der Waals surface area (Å²) in [5, 5.41) is 7.62. The SMILES string of the molecule is CCNCc1cnn(CC2CC2)c1. The lowest BCUT2D eigenvalue weighted by molar-refractivity contribution is 0.562. The van der Waals surface area contributed by atoms with E-state index in [1.54, 1.807) is 0 Å². The van der Waals surface area contributed by atoms with Gasteiger partial charge in [-0.3, -0.25) is 4.68 Å². The molecule has 0 atom stereocenters. The minimum absolute atomic E-state index is 0.909. The molecule has 0 radical (unpaired) electrons. The van der Waals surface area contributed by atoms with Crippen LogP contribution in [0.3, 0.4) is 0 Å². The van der Waals surface area contributed by atoms with Gasteiger partial charge in [-0.1, -0.05) is 6.92 Å². The molecule has 0 aliphatic heterocycles. The van der Waals surface area contributed by atoms with Crippen LogP contribution in [0.25, 0.3) is 0 Å². The summed E-state index contributed by atoms with van der Waals surface area (Å²) < 4.78 is 2.07. The fraction of sp³-hybridized carbons (Fsp3) is 0.700. The van der Waals surface area contributed by atoms with Gasteiger partial charge in [0.1, 0.15) is 0 Å². The summed E-state index contributed by atoms with van der Waals surface area (Å²) >= 11 is 0. The third-order valence-corrected chi connectivity index (χ3v) is 2.41. The molecule has 1 aromatic rings. The summed E-state index contributed by atoms with van der Waals surface area (Å²) in [6.45, 7) is 5.20. The molecule has 2 rings (SSSR count). The molecule has 3 nitrogen and oxygen atoms in total. The van der Waals surface area contributed by atoms with Crippen LogP contribution in [0.1, 0.15) is 25.3 Å². The highest BCUT2D eigenvalue weighted by atomic mass is 15.3. The molecule has 0 aromatic carbocycles. The van der Waals surface area contributed by atoms with E-state index in [1.807, 2.05) is 6.20 Å². The van der Waals surface area contributed by atoms with Crippen molar-refractivity contribution in [2.45, 2.75) is 32.9 Å². The number of rotatable bonds is 5. The molecule has 0 bridgehead atoms. The predicted octanol–water partition coefficient (Wildman–Crippen LogP) is 1.40. The molecule has 0 unspecified atom stereocenters. The highest BCUT2D eigenvalue weighted by Gasteiger charge is 2.21. The zero-order chi connectivity index (χ0) is 9.10. The molecule has 0 amide bonds. The van der Waals surface area contributed by atoms with Crippen molar-refractivity contribution in [3.63, 3.8) is 0 Å². The number of hydrogen-bond acceptors (Lipinski definition) is 2. The predicted molar refractivity (Wildman–Crippen MR) is 52.3 cm³/mol. The number of nitrogens with zero attached hydrogens (tertiary/aromatic N) is 2. The topological polar surface area (TPSA) is 29.9 Å². The van der Waals surface area contributed by atoms with E-state index in [0.717, 1.165) is 25.6 Å². The highest BCUT2D eigenvalue weighted by Crippen LogP contribution is 2.30. The quantitative estimate of drug-likeness (QED) is 0.740. The second-order valence-corrected chi connectivity index (χ2v) is 3.79. The Morgan fingerprint density at radius 1 is 1.62 bits per heavy atom. The minimum atomic E-state index is 0.909. The maximum absolute atomic E-state index is 4.33. The molecule has 0 saturated heterocycles. The first-order valence-electron chi connectivity index (χ1n) is 5.10. The number of aromatic nitrogens is 2. The first kappa shape index (κ1) is 8.75. The first-order chi connectivity index (χ1) is 6.38. The van der Waals surface area contributed by atoms with Gasteiger partial charge in [-0.2, -0.15) is 5.10 Å². The maximum Gasteiger partial charge on any atom is 0.0534 e. The Morgan fingerprint density at radius 3 is 3.15 bits per heavy atom. The van der Waals surface area contributed by atoms with Gasteiger partial charge >= 0.3 is 0 Å². The van der Waals surface area contributed by atoms with Crippen molar-refractivity contribution in [2.24, 2.45) is 5.92 Å². The Labute approximate surface area is 79.1 Å². The van der Waals surface area contributed by atoms with Crippen LogP contribution in [0, 0.1) is 5.92 Å². The van der Waals surface area contributed by atoms with E-state index in [9.17, 15) is 0 Å². The van der Waals surface area contributed by atoms with Gasteiger partial charge in [0.05, 0.1) is 6.20 Å². The van der Waals surface area contributed by atoms with Gasteiger partial charge in [-0.05, 0) is 25.3 Å². The van der Waals surface area contributed by atoms with Gasteiger partial charge in [0, 0.05) is 24.8 Å². The highest BCUT2D eigenvalue weighted by molar-refractivity contribution is 5.03. The van der Waals surface area contributed by atoms with Crippen LogP contribution in [-0.4, -0.2) is 16.3 Å². The summed E-state index contributed by atoms with van der Waals surface area (Å²) in [5.41, 5.74) is 1.29. The van der Waals surface area contributed by atoms with Crippen molar-refractivity contribution < 1.29 is 0 Å². The average Bonchev–Trinajstić information content (AvgIpc) is 2.81. The van der Waals surface area contributed by atoms with Crippen molar-refractivity contribution >= 4 is 0 Å². The van der Waals surface area contributed by atoms with Crippen LogP contribution in [-0.2, 0) is 13.1 Å². The molecular formula is C10H17N3. The smallest absolute Gasteiger partial charge is 0.0534 e. The zero-order valence-corrected chi connectivity index (χ0v) is 8.16. The van der Waals surface area contributed by atoms with Crippen molar-refractivity contribution in [1.29, 1.82) is 0 Å². The molecule has 1 aliphatic carbocycles. The fourth-order valence-corrected chi connectivity index (χ4v) is 1.43. The maximum atomic E-state index is 4.33. The Kier molecular flexibility index (Phi) is 2.64. The molecule has 1 heterocycles. The molecule has 3 heteroatoms. The largest absolute Gasteiger partial charge is 0.313 e. The first-order valence-corrected chi connectivity index (χ1v) is 5.10. The van der Waals surface area contributed by atoms with Crippen LogP contribution in [0.4, 0.5) is 0 Å². The van der Waals surface area contributed by atoms with Crippen LogP contribution in [0.15, 0.2) is 12.4 Å². The Balaban J connectivity index is 1.84. The molecule has 0 spiro atoms. The summed E-state index contributed by atoms with van der Waals surface area (Å²) in [5.74, 6) is 0.909. The molecule has 1 aliphatic rings. The summed E-state index contributed by atoms with van der Waals surface area (Å²) in [6, 6.07) is 0. The fourth-order valence-electron chi connectivity index (χ4n) is 1.43. The van der Waals surface area contributed by atoms with Gasteiger partial charge in [-0.25, -0.2) is 0 Å². The number of nitrogens with one attached hydrogen (secondary N) is 1. The second kappa shape index (κ2) is 3.92. The summed E-state index contributed by atoms with van der Waals surface area (Å²) in [6.07, 6.45) is 6.90.